The van der Waals surface area contributed by atoms with Gasteiger partial charge < -0.3 is 20.5 Å². The number of carbonyl (C=O) groups is 1. The fraction of sp³-hybridized carbons (Fsp3) is 0.286. The molecule has 5 N–H and O–H groups in total. The highest BCUT2D eigenvalue weighted by Crippen LogP contribution is 2.27. The largest absolute Gasteiger partial charge is 0.493 e. The van der Waals surface area contributed by atoms with Crippen molar-refractivity contribution in [1.29, 1.82) is 0 Å². The summed E-state index contributed by atoms with van der Waals surface area (Å²) in [7, 11) is 0. The van der Waals surface area contributed by atoms with Crippen molar-refractivity contribution in [3.63, 3.8) is 0 Å². The third-order valence-corrected chi connectivity index (χ3v) is 6.19. The van der Waals surface area contributed by atoms with Gasteiger partial charge in [0.2, 0.25) is 5.88 Å². The summed E-state index contributed by atoms with van der Waals surface area (Å²) < 4.78 is 1.63. The number of aromatic nitrogens is 5. The van der Waals surface area contributed by atoms with E-state index in [1.165, 1.54) is 11.3 Å². The maximum atomic E-state index is 12.4. The summed E-state index contributed by atoms with van der Waals surface area (Å²) in [5.74, 6) is -0.470. The minimum Gasteiger partial charge on any atom is -0.493 e. The topological polar surface area (TPSA) is 161 Å². The van der Waals surface area contributed by atoms with Crippen LogP contribution in [0.25, 0.3) is 22.3 Å². The van der Waals surface area contributed by atoms with Gasteiger partial charge in [0.1, 0.15) is 5.69 Å². The fourth-order valence-corrected chi connectivity index (χ4v) is 4.17. The molecule has 0 spiro atoms. The zero-order valence-corrected chi connectivity index (χ0v) is 18.2. The number of aliphatic hydroxyl groups is 1. The van der Waals surface area contributed by atoms with E-state index in [0.29, 0.717) is 39.9 Å². The van der Waals surface area contributed by atoms with Gasteiger partial charge in [0, 0.05) is 24.4 Å². The van der Waals surface area contributed by atoms with Gasteiger partial charge in [-0.3, -0.25) is 14.8 Å². The number of hydrogen-bond acceptors (Lipinski definition) is 8. The van der Waals surface area contributed by atoms with Crippen LogP contribution >= 0.6 is 11.3 Å². The van der Waals surface area contributed by atoms with E-state index in [1.54, 1.807) is 22.9 Å². The Kier molecular flexibility index (Phi) is 5.52. The molecule has 0 saturated heterocycles. The van der Waals surface area contributed by atoms with E-state index in [-0.39, 0.29) is 30.1 Å². The number of aromatic amines is 2. The second kappa shape index (κ2) is 8.64. The summed E-state index contributed by atoms with van der Waals surface area (Å²) in [6.45, 7) is 0.423. The lowest BCUT2D eigenvalue weighted by molar-refractivity contribution is 0.0955. The van der Waals surface area contributed by atoms with Gasteiger partial charge in [-0.2, -0.15) is 9.61 Å². The number of hydrogen-bond donors (Lipinski definition) is 5. The maximum Gasteiger partial charge on any atom is 0.326 e. The number of amides is 1. The van der Waals surface area contributed by atoms with Crippen molar-refractivity contribution in [2.24, 2.45) is 4.99 Å². The molecule has 5 rings (SSSR count). The van der Waals surface area contributed by atoms with Crippen LogP contribution in [-0.4, -0.2) is 59.9 Å². The van der Waals surface area contributed by atoms with E-state index in [9.17, 15) is 14.7 Å². The molecule has 0 aromatic carbocycles. The van der Waals surface area contributed by atoms with Crippen molar-refractivity contribution >= 4 is 29.0 Å². The molecule has 0 unspecified atom stereocenters. The average Bonchev–Trinajstić information content (AvgIpc) is 3.18. The monoisotopic (exact) mass is 467 g/mol. The number of aromatic hydroxyl groups is 1. The van der Waals surface area contributed by atoms with Crippen molar-refractivity contribution in [1.82, 2.24) is 29.9 Å². The number of thiophene rings is 1. The number of nitrogens with zero attached hydrogens (tertiary/aromatic N) is 4. The Morgan fingerprint density at radius 2 is 2.21 bits per heavy atom. The summed E-state index contributed by atoms with van der Waals surface area (Å²) in [6, 6.07) is 5.67. The molecular weight excluding hydrogens is 446 g/mol. The molecule has 170 valence electrons. The van der Waals surface area contributed by atoms with Crippen molar-refractivity contribution < 1.29 is 15.0 Å². The van der Waals surface area contributed by atoms with Crippen LogP contribution in [0.3, 0.4) is 0 Å². The summed E-state index contributed by atoms with van der Waals surface area (Å²) >= 11 is 1.31. The molecule has 1 saturated carbocycles. The molecule has 4 heterocycles. The van der Waals surface area contributed by atoms with Crippen LogP contribution in [0.1, 0.15) is 34.6 Å². The molecule has 0 radical (unpaired) electrons. The van der Waals surface area contributed by atoms with Gasteiger partial charge in [0.05, 0.1) is 27.7 Å². The Bertz CT molecular complexity index is 1510. The van der Waals surface area contributed by atoms with Gasteiger partial charge in [-0.05, 0) is 37.5 Å². The molecule has 1 aliphatic carbocycles. The highest BCUT2D eigenvalue weighted by molar-refractivity contribution is 7.17. The smallest absolute Gasteiger partial charge is 0.326 e. The van der Waals surface area contributed by atoms with Gasteiger partial charge in [-0.1, -0.05) is 0 Å². The molecule has 4 aromatic rings. The third kappa shape index (κ3) is 4.43. The lowest BCUT2D eigenvalue weighted by Gasteiger charge is -2.02. The SMILES string of the molecule is O=C(NCCCO)c1ccc(-c2cc(=NC3CC3)n3nc/c(=C\c4[nH]c(=O)[nH]c4O)c3n2)s1. The highest BCUT2D eigenvalue weighted by atomic mass is 32.1. The van der Waals surface area contributed by atoms with Crippen LogP contribution in [0.2, 0.25) is 0 Å². The van der Waals surface area contributed by atoms with Gasteiger partial charge in [-0.25, -0.2) is 9.78 Å². The molecule has 4 aromatic heterocycles. The van der Waals surface area contributed by atoms with Gasteiger partial charge in [0.25, 0.3) is 5.91 Å². The first-order chi connectivity index (χ1) is 16.0. The van der Waals surface area contributed by atoms with Crippen LogP contribution in [-0.2, 0) is 0 Å². The van der Waals surface area contributed by atoms with E-state index in [1.807, 2.05) is 12.1 Å². The summed E-state index contributed by atoms with van der Waals surface area (Å²) in [6.07, 6.45) is 5.72. The van der Waals surface area contributed by atoms with Crippen LogP contribution in [0.4, 0.5) is 0 Å². The Hall–Kier alpha value is -3.77. The Balaban J connectivity index is 1.59. The second-order valence-corrected chi connectivity index (χ2v) is 8.76. The van der Waals surface area contributed by atoms with Crippen molar-refractivity contribution in [2.45, 2.75) is 25.3 Å². The standard InChI is InChI=1S/C21H21N7O4S/c29-7-1-6-22-20(31)16-5-4-15(33-16)13-9-17(24-12-2-3-12)28-18(25-13)11(10-23-28)8-14-19(30)27-21(32)26-14/h4-5,8-10,12,29-30H,1-3,6-7H2,(H,22,31)(H2,26,27,32)/b11-8+,24-17?. The van der Waals surface area contributed by atoms with Crippen molar-refractivity contribution in [3.8, 4) is 16.5 Å². The number of fused-ring (bicyclic) bond motifs is 1. The molecule has 0 atom stereocenters. The predicted octanol–water partition coefficient (Wildman–Crippen LogP) is -0.0972. The maximum absolute atomic E-state index is 12.4. The summed E-state index contributed by atoms with van der Waals surface area (Å²) in [5.41, 5.74) is 1.50. The summed E-state index contributed by atoms with van der Waals surface area (Å²) in [5, 5.41) is 26.6. The van der Waals surface area contributed by atoms with E-state index < -0.39 is 5.69 Å². The molecule has 11 nitrogen and oxygen atoms in total. The minimum atomic E-state index is -0.517. The van der Waals surface area contributed by atoms with E-state index in [2.05, 4.69) is 20.4 Å². The second-order valence-electron chi connectivity index (χ2n) is 7.68. The van der Waals surface area contributed by atoms with Crippen molar-refractivity contribution in [3.05, 3.63) is 56.2 Å². The normalized spacial score (nSPS) is 14.9. The van der Waals surface area contributed by atoms with Crippen LogP contribution in [0.5, 0.6) is 5.88 Å². The number of rotatable bonds is 7. The molecule has 1 fully saturated rings. The number of aliphatic hydroxyl groups excluding tert-OH is 1. The lowest BCUT2D eigenvalue weighted by Crippen LogP contribution is -2.24. The molecule has 12 heteroatoms. The first-order valence-electron chi connectivity index (χ1n) is 10.5. The Morgan fingerprint density at radius 1 is 1.36 bits per heavy atom. The first kappa shape index (κ1) is 21.1. The third-order valence-electron chi connectivity index (χ3n) is 5.08. The van der Waals surface area contributed by atoms with Crippen LogP contribution in [0.15, 0.2) is 34.2 Å². The molecule has 33 heavy (non-hydrogen) atoms. The first-order valence-corrected chi connectivity index (χ1v) is 11.3. The van der Waals surface area contributed by atoms with Crippen molar-refractivity contribution in [2.75, 3.05) is 13.2 Å². The molecule has 1 aliphatic rings. The Morgan fingerprint density at radius 3 is 2.94 bits per heavy atom. The average molecular weight is 468 g/mol. The van der Waals surface area contributed by atoms with E-state index in [0.717, 1.165) is 17.7 Å². The van der Waals surface area contributed by atoms with Gasteiger partial charge >= 0.3 is 5.69 Å². The molecule has 0 bridgehead atoms. The Labute approximate surface area is 190 Å². The van der Waals surface area contributed by atoms with Gasteiger partial charge in [-0.15, -0.1) is 11.3 Å². The zero-order valence-electron chi connectivity index (χ0n) is 17.4. The lowest BCUT2D eigenvalue weighted by atomic mass is 10.3. The number of H-pyrrole nitrogens is 2. The van der Waals surface area contributed by atoms with Crippen LogP contribution < -0.4 is 21.7 Å². The van der Waals surface area contributed by atoms with E-state index >= 15 is 0 Å². The summed E-state index contributed by atoms with van der Waals surface area (Å²) in [4.78, 5) is 39.5. The predicted molar refractivity (Wildman–Crippen MR) is 121 cm³/mol. The van der Waals surface area contributed by atoms with Crippen LogP contribution in [0, 0.1) is 0 Å². The molecule has 0 aliphatic heterocycles. The quantitative estimate of drug-likeness (QED) is 0.239. The molecular formula is C21H21N7O4S. The molecule has 1 amide bonds. The number of carbonyl (C=O) groups excluding carboxylic acids is 1. The minimum absolute atomic E-state index is 0.0201. The zero-order chi connectivity index (χ0) is 22.9. The highest BCUT2D eigenvalue weighted by Gasteiger charge is 2.21. The number of imidazole rings is 1. The van der Waals surface area contributed by atoms with E-state index in [4.69, 9.17) is 15.1 Å². The fourth-order valence-electron chi connectivity index (χ4n) is 3.29. The van der Waals surface area contributed by atoms with Gasteiger partial charge in [0.15, 0.2) is 11.1 Å². The number of nitrogens with one attached hydrogen (secondary N) is 3.